The van der Waals surface area contributed by atoms with Crippen LogP contribution in [0.25, 0.3) is 10.9 Å². The van der Waals surface area contributed by atoms with E-state index in [1.165, 1.54) is 12.1 Å². The summed E-state index contributed by atoms with van der Waals surface area (Å²) in [6.07, 6.45) is 0.474. The Morgan fingerprint density at radius 2 is 2.29 bits per heavy atom. The zero-order valence-electron chi connectivity index (χ0n) is 11.8. The third-order valence-electron chi connectivity index (χ3n) is 3.21. The van der Waals surface area contributed by atoms with Crippen LogP contribution in [-0.2, 0) is 16.6 Å². The van der Waals surface area contributed by atoms with Crippen LogP contribution >= 0.6 is 0 Å². The Labute approximate surface area is 120 Å². The molecule has 0 radical (unpaired) electrons. The normalized spacial score (nSPS) is 10.6. The van der Waals surface area contributed by atoms with Gasteiger partial charge in [-0.1, -0.05) is 0 Å². The Balaban J connectivity index is 2.27. The van der Waals surface area contributed by atoms with Crippen molar-refractivity contribution in [3.05, 3.63) is 17.9 Å². The van der Waals surface area contributed by atoms with Crippen molar-refractivity contribution in [2.24, 2.45) is 7.05 Å². The molecule has 0 aliphatic carbocycles. The number of aromatic nitrogens is 2. The molecule has 8 heteroatoms. The van der Waals surface area contributed by atoms with Gasteiger partial charge in [0, 0.05) is 32.4 Å². The van der Waals surface area contributed by atoms with Gasteiger partial charge in [-0.15, -0.1) is 0 Å². The minimum absolute atomic E-state index is 0.0602. The van der Waals surface area contributed by atoms with Crippen LogP contribution in [0.4, 0.5) is 15.9 Å². The van der Waals surface area contributed by atoms with Crippen LogP contribution in [0.2, 0.25) is 0 Å². The summed E-state index contributed by atoms with van der Waals surface area (Å²) in [6.45, 7) is 0.345. The number of carbonyl (C=O) groups is 2. The number of hydrogen-bond donors (Lipinski definition) is 2. The molecule has 0 aliphatic heterocycles. The molecular formula is C13H16FN5O2. The number of anilines is 2. The van der Waals surface area contributed by atoms with Gasteiger partial charge in [0.15, 0.2) is 5.82 Å². The minimum Gasteiger partial charge on any atom is -0.396 e. The summed E-state index contributed by atoms with van der Waals surface area (Å²) in [4.78, 5) is 23.2. The van der Waals surface area contributed by atoms with E-state index in [2.05, 4.69) is 10.4 Å². The first-order valence-electron chi connectivity index (χ1n) is 6.30. The summed E-state index contributed by atoms with van der Waals surface area (Å²) >= 11 is 0. The monoisotopic (exact) mass is 293 g/mol. The van der Waals surface area contributed by atoms with E-state index in [0.29, 0.717) is 29.7 Å². The summed E-state index contributed by atoms with van der Waals surface area (Å²) in [5.41, 5.74) is 6.32. The van der Waals surface area contributed by atoms with E-state index in [9.17, 15) is 14.0 Å². The molecule has 1 heterocycles. The van der Waals surface area contributed by atoms with Crippen molar-refractivity contribution in [3.8, 4) is 0 Å². The second-order valence-electron chi connectivity index (χ2n) is 4.70. The van der Waals surface area contributed by atoms with Crippen LogP contribution in [0.1, 0.15) is 6.42 Å². The zero-order valence-corrected chi connectivity index (χ0v) is 11.8. The van der Waals surface area contributed by atoms with Crippen LogP contribution < -0.4 is 16.0 Å². The number of aryl methyl sites for hydroxylation is 1. The average Bonchev–Trinajstić information content (AvgIpc) is 2.74. The molecule has 0 spiro atoms. The number of nitrogens with zero attached hydrogens (tertiary/aromatic N) is 3. The maximum Gasteiger partial charge on any atom is 0.228 e. The first kappa shape index (κ1) is 14.8. The van der Waals surface area contributed by atoms with E-state index >= 15 is 0 Å². The van der Waals surface area contributed by atoms with Gasteiger partial charge in [0.2, 0.25) is 12.3 Å². The summed E-state index contributed by atoms with van der Waals surface area (Å²) in [5, 5.41) is 6.99. The summed E-state index contributed by atoms with van der Waals surface area (Å²) in [6, 6.07) is 2.85. The van der Waals surface area contributed by atoms with Gasteiger partial charge < -0.3 is 10.6 Å². The van der Waals surface area contributed by atoms with E-state index < -0.39 is 5.82 Å². The van der Waals surface area contributed by atoms with E-state index in [1.807, 2.05) is 0 Å². The number of carbonyl (C=O) groups excluding carboxylic acids is 2. The molecule has 3 N–H and O–H groups in total. The highest BCUT2D eigenvalue weighted by molar-refractivity contribution is 5.93. The molecule has 0 saturated heterocycles. The molecule has 0 aliphatic rings. The average molecular weight is 293 g/mol. The zero-order chi connectivity index (χ0) is 15.6. The largest absolute Gasteiger partial charge is 0.396 e. The Bertz CT molecular complexity index is 697. The Morgan fingerprint density at radius 3 is 2.95 bits per heavy atom. The van der Waals surface area contributed by atoms with Crippen molar-refractivity contribution in [3.63, 3.8) is 0 Å². The molecule has 7 nitrogen and oxygen atoms in total. The van der Waals surface area contributed by atoms with Crippen molar-refractivity contribution in [2.45, 2.75) is 6.42 Å². The molecule has 1 aromatic carbocycles. The molecule has 2 aromatic rings. The molecule has 2 rings (SSSR count). The van der Waals surface area contributed by atoms with Gasteiger partial charge in [0.25, 0.3) is 0 Å². The fourth-order valence-electron chi connectivity index (χ4n) is 2.07. The highest BCUT2D eigenvalue weighted by Crippen LogP contribution is 2.28. The van der Waals surface area contributed by atoms with Crippen LogP contribution in [-0.4, -0.2) is 35.7 Å². The lowest BCUT2D eigenvalue weighted by Gasteiger charge is -2.16. The second-order valence-corrected chi connectivity index (χ2v) is 4.70. The van der Waals surface area contributed by atoms with Gasteiger partial charge in [-0.05, 0) is 12.1 Å². The number of benzene rings is 1. The predicted molar refractivity (Wildman–Crippen MR) is 77.2 cm³/mol. The highest BCUT2D eigenvalue weighted by Gasteiger charge is 2.15. The number of nitrogen functional groups attached to an aromatic ring is 1. The Kier molecular flexibility index (Phi) is 4.06. The summed E-state index contributed by atoms with van der Waals surface area (Å²) < 4.78 is 15.2. The molecule has 1 aromatic heterocycles. The minimum atomic E-state index is -0.510. The Morgan fingerprint density at radius 1 is 1.57 bits per heavy atom. The lowest BCUT2D eigenvalue weighted by molar-refractivity contribution is -0.125. The van der Waals surface area contributed by atoms with E-state index in [4.69, 9.17) is 5.73 Å². The number of hydrogen-bond acceptors (Lipinski definition) is 5. The number of imide groups is 1. The van der Waals surface area contributed by atoms with Gasteiger partial charge in [0.1, 0.15) is 5.82 Å². The Hall–Kier alpha value is -2.64. The summed E-state index contributed by atoms with van der Waals surface area (Å²) in [5.74, 6) is -0.346. The molecular weight excluding hydrogens is 277 g/mol. The van der Waals surface area contributed by atoms with Crippen LogP contribution in [0.5, 0.6) is 0 Å². The lowest BCUT2D eigenvalue weighted by atomic mass is 10.2. The SMILES string of the molecule is CN(CCC(=O)NC=O)c1nn(C)c2cc(N)c(F)cc12. The first-order valence-corrected chi connectivity index (χ1v) is 6.30. The second kappa shape index (κ2) is 5.78. The number of nitrogens with one attached hydrogen (secondary N) is 1. The first-order chi connectivity index (χ1) is 9.93. The molecule has 0 atom stereocenters. The number of amides is 2. The number of halogens is 1. The fourth-order valence-corrected chi connectivity index (χ4v) is 2.07. The van der Waals surface area contributed by atoms with Crippen molar-refractivity contribution in [2.75, 3.05) is 24.2 Å². The van der Waals surface area contributed by atoms with Crippen LogP contribution in [0.3, 0.4) is 0 Å². The quantitative estimate of drug-likeness (QED) is 0.614. The molecule has 2 amide bonds. The molecule has 21 heavy (non-hydrogen) atoms. The van der Waals surface area contributed by atoms with E-state index in [1.54, 1.807) is 23.7 Å². The summed E-state index contributed by atoms with van der Waals surface area (Å²) in [7, 11) is 3.47. The predicted octanol–water partition coefficient (Wildman–Crippen LogP) is 0.394. The fraction of sp³-hybridized carbons (Fsp3) is 0.308. The standard InChI is InChI=1S/C13H16FN5O2/c1-18(4-3-12(21)16-7-20)13-8-5-9(14)10(15)6-11(8)19(2)17-13/h5-7H,3-4,15H2,1-2H3,(H,16,20,21). The topological polar surface area (TPSA) is 93.2 Å². The molecule has 112 valence electrons. The molecule has 0 saturated carbocycles. The molecule has 0 bridgehead atoms. The number of fused-ring (bicyclic) bond motifs is 1. The van der Waals surface area contributed by atoms with Crippen LogP contribution in [0.15, 0.2) is 12.1 Å². The van der Waals surface area contributed by atoms with Gasteiger partial charge >= 0.3 is 0 Å². The van der Waals surface area contributed by atoms with Crippen molar-refractivity contribution in [1.29, 1.82) is 0 Å². The third-order valence-corrected chi connectivity index (χ3v) is 3.21. The molecule has 0 unspecified atom stereocenters. The third kappa shape index (κ3) is 2.93. The maximum atomic E-state index is 13.6. The van der Waals surface area contributed by atoms with Gasteiger partial charge in [-0.3, -0.25) is 19.6 Å². The number of nitrogens with two attached hydrogens (primary N) is 1. The van der Waals surface area contributed by atoms with E-state index in [0.717, 1.165) is 0 Å². The molecule has 0 fully saturated rings. The van der Waals surface area contributed by atoms with Crippen LogP contribution in [0, 0.1) is 5.82 Å². The van der Waals surface area contributed by atoms with E-state index in [-0.39, 0.29) is 18.0 Å². The van der Waals surface area contributed by atoms with Crippen molar-refractivity contribution in [1.82, 2.24) is 15.1 Å². The highest BCUT2D eigenvalue weighted by atomic mass is 19.1. The van der Waals surface area contributed by atoms with Crippen molar-refractivity contribution < 1.29 is 14.0 Å². The lowest BCUT2D eigenvalue weighted by Crippen LogP contribution is -2.28. The maximum absolute atomic E-state index is 13.6. The smallest absolute Gasteiger partial charge is 0.228 e. The number of rotatable bonds is 5. The van der Waals surface area contributed by atoms with Gasteiger partial charge in [0.05, 0.1) is 11.2 Å². The van der Waals surface area contributed by atoms with Gasteiger partial charge in [-0.2, -0.15) is 5.10 Å². The van der Waals surface area contributed by atoms with Gasteiger partial charge in [-0.25, -0.2) is 4.39 Å². The van der Waals surface area contributed by atoms with Crippen molar-refractivity contribution >= 4 is 34.7 Å².